The van der Waals surface area contributed by atoms with Crippen LogP contribution in [0.1, 0.15) is 32.3 Å². The van der Waals surface area contributed by atoms with Gasteiger partial charge in [-0.2, -0.15) is 5.26 Å². The topological polar surface area (TPSA) is 59.4 Å². The molecule has 0 spiro atoms. The molecule has 0 aromatic heterocycles. The normalized spacial score (nSPS) is 15.7. The molecule has 0 saturated carbocycles. The van der Waals surface area contributed by atoms with E-state index in [4.69, 9.17) is 5.26 Å². The summed E-state index contributed by atoms with van der Waals surface area (Å²) >= 11 is 0. The standard InChI is InChI=1S/C19H27FN4O/c1-19(2,14-21)22-16-8-7-15(17(20)13-16)5-4-6-18(25)24-11-9-23(3)10-12-24/h7-8,13,22H,4-6,9-12H2,1-3H3. The maximum Gasteiger partial charge on any atom is 0.222 e. The van der Waals surface area contributed by atoms with E-state index in [-0.39, 0.29) is 11.7 Å². The van der Waals surface area contributed by atoms with Crippen LogP contribution in [0.4, 0.5) is 10.1 Å². The fourth-order valence-electron chi connectivity index (χ4n) is 2.86. The average molecular weight is 346 g/mol. The van der Waals surface area contributed by atoms with Crippen LogP contribution in [0.3, 0.4) is 0 Å². The number of carbonyl (C=O) groups excluding carboxylic acids is 1. The number of rotatable bonds is 6. The molecule has 0 unspecified atom stereocenters. The maximum absolute atomic E-state index is 14.2. The van der Waals surface area contributed by atoms with Gasteiger partial charge in [-0.1, -0.05) is 6.07 Å². The molecule has 0 radical (unpaired) electrons. The van der Waals surface area contributed by atoms with Gasteiger partial charge in [-0.15, -0.1) is 0 Å². The molecule has 1 aliphatic heterocycles. The predicted octanol–water partition coefficient (Wildman–Crippen LogP) is 2.64. The summed E-state index contributed by atoms with van der Waals surface area (Å²) in [5.41, 5.74) is 0.441. The Morgan fingerprint density at radius 1 is 1.32 bits per heavy atom. The van der Waals surface area contributed by atoms with Gasteiger partial charge in [0.25, 0.3) is 0 Å². The van der Waals surface area contributed by atoms with Crippen molar-refractivity contribution in [2.24, 2.45) is 0 Å². The summed E-state index contributed by atoms with van der Waals surface area (Å²) in [5, 5.41) is 12.0. The molecule has 1 amide bonds. The monoisotopic (exact) mass is 346 g/mol. The predicted molar refractivity (Wildman–Crippen MR) is 96.7 cm³/mol. The summed E-state index contributed by atoms with van der Waals surface area (Å²) in [6, 6.07) is 7.04. The van der Waals surface area contributed by atoms with Crippen LogP contribution in [0, 0.1) is 17.1 Å². The first-order chi connectivity index (χ1) is 11.8. The zero-order valence-electron chi connectivity index (χ0n) is 15.3. The van der Waals surface area contributed by atoms with Crippen molar-refractivity contribution in [3.63, 3.8) is 0 Å². The Bertz CT molecular complexity index is 645. The van der Waals surface area contributed by atoms with Crippen LogP contribution in [-0.4, -0.2) is 54.5 Å². The van der Waals surface area contributed by atoms with Crippen molar-refractivity contribution in [2.45, 2.75) is 38.6 Å². The summed E-state index contributed by atoms with van der Waals surface area (Å²) in [6.45, 7) is 6.85. The fourth-order valence-corrected chi connectivity index (χ4v) is 2.86. The number of nitrogens with zero attached hydrogens (tertiary/aromatic N) is 3. The van der Waals surface area contributed by atoms with E-state index in [0.717, 1.165) is 26.2 Å². The third-order valence-electron chi connectivity index (χ3n) is 4.48. The Labute approximate surface area is 149 Å². The highest BCUT2D eigenvalue weighted by atomic mass is 19.1. The molecule has 1 aromatic carbocycles. The Balaban J connectivity index is 1.83. The molecule has 0 bridgehead atoms. The first-order valence-electron chi connectivity index (χ1n) is 8.75. The molecule has 0 aliphatic carbocycles. The highest BCUT2D eigenvalue weighted by Crippen LogP contribution is 2.20. The molecule has 1 aromatic rings. The number of piperazine rings is 1. The number of hydrogen-bond acceptors (Lipinski definition) is 4. The zero-order chi connectivity index (χ0) is 18.4. The highest BCUT2D eigenvalue weighted by molar-refractivity contribution is 5.76. The van der Waals surface area contributed by atoms with Gasteiger partial charge in [0.05, 0.1) is 6.07 Å². The summed E-state index contributed by atoms with van der Waals surface area (Å²) in [7, 11) is 2.06. The first-order valence-corrected chi connectivity index (χ1v) is 8.75. The number of likely N-dealkylation sites (N-methyl/N-ethyl adjacent to an activating group) is 1. The Morgan fingerprint density at radius 3 is 2.60 bits per heavy atom. The lowest BCUT2D eigenvalue weighted by atomic mass is 10.0. The SMILES string of the molecule is CN1CCN(C(=O)CCCc2ccc(NC(C)(C)C#N)cc2F)CC1. The van der Waals surface area contributed by atoms with Crippen LogP contribution in [-0.2, 0) is 11.2 Å². The molecular formula is C19H27FN4O. The molecule has 1 saturated heterocycles. The number of halogens is 1. The number of nitriles is 1. The lowest BCUT2D eigenvalue weighted by molar-refractivity contribution is -0.132. The van der Waals surface area contributed by atoms with Crippen LogP contribution >= 0.6 is 0 Å². The van der Waals surface area contributed by atoms with Crippen LogP contribution in [0.25, 0.3) is 0 Å². The minimum Gasteiger partial charge on any atom is -0.368 e. The summed E-state index contributed by atoms with van der Waals surface area (Å²) < 4.78 is 14.2. The van der Waals surface area contributed by atoms with Gasteiger partial charge < -0.3 is 15.1 Å². The largest absolute Gasteiger partial charge is 0.368 e. The second-order valence-electron chi connectivity index (χ2n) is 7.21. The molecule has 0 atom stereocenters. The zero-order valence-corrected chi connectivity index (χ0v) is 15.3. The lowest BCUT2D eigenvalue weighted by Crippen LogP contribution is -2.47. The molecule has 1 N–H and O–H groups in total. The summed E-state index contributed by atoms with van der Waals surface area (Å²) in [5.74, 6) is -0.145. The van der Waals surface area contributed by atoms with Gasteiger partial charge in [0, 0.05) is 38.3 Å². The van der Waals surface area contributed by atoms with Crippen LogP contribution < -0.4 is 5.32 Å². The number of anilines is 1. The quantitative estimate of drug-likeness (QED) is 0.860. The molecule has 6 heteroatoms. The van der Waals surface area contributed by atoms with E-state index in [1.54, 1.807) is 26.0 Å². The first kappa shape index (κ1) is 19.2. The number of benzene rings is 1. The van der Waals surface area contributed by atoms with E-state index in [9.17, 15) is 9.18 Å². The van der Waals surface area contributed by atoms with Crippen molar-refractivity contribution in [1.29, 1.82) is 5.26 Å². The van der Waals surface area contributed by atoms with E-state index >= 15 is 0 Å². The van der Waals surface area contributed by atoms with Gasteiger partial charge in [-0.3, -0.25) is 4.79 Å². The van der Waals surface area contributed by atoms with Crippen molar-refractivity contribution >= 4 is 11.6 Å². The number of aryl methyl sites for hydroxylation is 1. The minimum atomic E-state index is -0.747. The third-order valence-corrected chi connectivity index (χ3v) is 4.48. The number of nitrogens with one attached hydrogen (secondary N) is 1. The smallest absolute Gasteiger partial charge is 0.222 e. The van der Waals surface area contributed by atoms with Gasteiger partial charge in [-0.05, 0) is 51.4 Å². The van der Waals surface area contributed by atoms with Crippen molar-refractivity contribution in [2.75, 3.05) is 38.5 Å². The third kappa shape index (κ3) is 5.71. The van der Waals surface area contributed by atoms with Crippen molar-refractivity contribution < 1.29 is 9.18 Å². The Hall–Kier alpha value is -2.13. The summed E-state index contributed by atoms with van der Waals surface area (Å²) in [4.78, 5) is 16.3. The van der Waals surface area contributed by atoms with Crippen LogP contribution in [0.5, 0.6) is 0 Å². The van der Waals surface area contributed by atoms with E-state index in [1.807, 2.05) is 4.90 Å². The van der Waals surface area contributed by atoms with Gasteiger partial charge in [0.2, 0.25) is 5.91 Å². The van der Waals surface area contributed by atoms with Gasteiger partial charge >= 0.3 is 0 Å². The fraction of sp³-hybridized carbons (Fsp3) is 0.579. The highest BCUT2D eigenvalue weighted by Gasteiger charge is 2.19. The molecular weight excluding hydrogens is 319 g/mol. The maximum atomic E-state index is 14.2. The van der Waals surface area contributed by atoms with Crippen LogP contribution in [0.15, 0.2) is 18.2 Å². The Morgan fingerprint density at radius 2 is 2.00 bits per heavy atom. The summed E-state index contributed by atoms with van der Waals surface area (Å²) in [6.07, 6.45) is 1.62. The molecule has 5 nitrogen and oxygen atoms in total. The van der Waals surface area contributed by atoms with Gasteiger partial charge in [-0.25, -0.2) is 4.39 Å². The molecule has 1 aliphatic rings. The number of carbonyl (C=O) groups is 1. The molecule has 136 valence electrons. The second kappa shape index (κ2) is 8.30. The van der Waals surface area contributed by atoms with Crippen molar-refractivity contribution in [3.05, 3.63) is 29.6 Å². The van der Waals surface area contributed by atoms with E-state index in [0.29, 0.717) is 30.5 Å². The average Bonchev–Trinajstić information content (AvgIpc) is 2.57. The van der Waals surface area contributed by atoms with E-state index in [2.05, 4.69) is 23.3 Å². The Kier molecular flexibility index (Phi) is 6.38. The van der Waals surface area contributed by atoms with Crippen LogP contribution in [0.2, 0.25) is 0 Å². The molecule has 25 heavy (non-hydrogen) atoms. The number of hydrogen-bond donors (Lipinski definition) is 1. The molecule has 1 heterocycles. The van der Waals surface area contributed by atoms with Crippen molar-refractivity contribution in [1.82, 2.24) is 9.80 Å². The molecule has 2 rings (SSSR count). The van der Waals surface area contributed by atoms with Crippen molar-refractivity contribution in [3.8, 4) is 6.07 Å². The molecule has 1 fully saturated rings. The van der Waals surface area contributed by atoms with Gasteiger partial charge in [0.1, 0.15) is 11.4 Å². The van der Waals surface area contributed by atoms with E-state index < -0.39 is 5.54 Å². The number of amides is 1. The second-order valence-corrected chi connectivity index (χ2v) is 7.21. The lowest BCUT2D eigenvalue weighted by Gasteiger charge is -2.32. The van der Waals surface area contributed by atoms with E-state index in [1.165, 1.54) is 6.07 Å². The van der Waals surface area contributed by atoms with Gasteiger partial charge in [0.15, 0.2) is 0 Å². The minimum absolute atomic E-state index is 0.155.